The lowest BCUT2D eigenvalue weighted by Gasteiger charge is -2.08. The summed E-state index contributed by atoms with van der Waals surface area (Å²) >= 11 is 5.92. The highest BCUT2D eigenvalue weighted by Gasteiger charge is 2.09. The topological polar surface area (TPSA) is 41.1 Å². The van der Waals surface area contributed by atoms with Crippen molar-refractivity contribution < 1.29 is 4.79 Å². The highest BCUT2D eigenvalue weighted by atomic mass is 35.5. The van der Waals surface area contributed by atoms with E-state index in [1.54, 1.807) is 24.3 Å². The summed E-state index contributed by atoms with van der Waals surface area (Å²) in [5.74, 6) is -0.241. The molecular formula is C13H13ClN2O. The van der Waals surface area contributed by atoms with Gasteiger partial charge in [-0.25, -0.2) is 0 Å². The van der Waals surface area contributed by atoms with Gasteiger partial charge in [-0.2, -0.15) is 0 Å². The molecule has 1 aromatic carbocycles. The Morgan fingerprint density at radius 2 is 2.12 bits per heavy atom. The van der Waals surface area contributed by atoms with E-state index in [1.807, 2.05) is 19.1 Å². The first-order valence-electron chi connectivity index (χ1n) is 5.35. The molecule has 0 bridgehead atoms. The molecule has 4 heteroatoms. The number of nitrogens with one attached hydrogen (secondary N) is 2. The maximum absolute atomic E-state index is 11.8. The van der Waals surface area contributed by atoms with Crippen molar-refractivity contribution in [2.24, 2.45) is 0 Å². The second-order valence-corrected chi connectivity index (χ2v) is 4.32. The Bertz CT molecular complexity index is 506. The van der Waals surface area contributed by atoms with E-state index in [2.05, 4.69) is 10.9 Å². The first kappa shape index (κ1) is 11.7. The molecule has 2 rings (SSSR count). The van der Waals surface area contributed by atoms with Gasteiger partial charge in [-0.05, 0) is 31.6 Å². The van der Waals surface area contributed by atoms with Gasteiger partial charge in [0.2, 0.25) is 0 Å². The molecule has 0 atom stereocenters. The molecule has 0 radical (unpaired) electrons. The molecule has 0 aromatic heterocycles. The summed E-state index contributed by atoms with van der Waals surface area (Å²) in [5.41, 5.74) is 8.11. The van der Waals surface area contributed by atoms with E-state index in [0.717, 1.165) is 12.1 Å². The standard InChI is InChI=1S/C13H13ClN2O/c1-9-6-7-10(8-9)15-16-13(17)11-4-2-3-5-12(11)14/h2-5,7-8,15H,6H2,1H3,(H,16,17). The Kier molecular flexibility index (Phi) is 3.49. The average Bonchev–Trinajstić information content (AvgIpc) is 2.73. The summed E-state index contributed by atoms with van der Waals surface area (Å²) in [6.45, 7) is 2.04. The minimum atomic E-state index is -0.241. The fraction of sp³-hybridized carbons (Fsp3) is 0.154. The zero-order chi connectivity index (χ0) is 12.3. The van der Waals surface area contributed by atoms with Crippen LogP contribution in [-0.4, -0.2) is 5.91 Å². The average molecular weight is 249 g/mol. The van der Waals surface area contributed by atoms with E-state index in [0.29, 0.717) is 10.6 Å². The summed E-state index contributed by atoms with van der Waals surface area (Å²) in [4.78, 5) is 11.8. The van der Waals surface area contributed by atoms with Crippen LogP contribution >= 0.6 is 11.6 Å². The molecule has 1 amide bonds. The molecule has 0 spiro atoms. The van der Waals surface area contributed by atoms with Crippen LogP contribution in [0.4, 0.5) is 0 Å². The maximum atomic E-state index is 11.8. The molecule has 3 nitrogen and oxygen atoms in total. The molecule has 0 saturated carbocycles. The Morgan fingerprint density at radius 3 is 2.76 bits per heavy atom. The minimum Gasteiger partial charge on any atom is -0.299 e. The van der Waals surface area contributed by atoms with E-state index < -0.39 is 0 Å². The predicted octanol–water partition coefficient (Wildman–Crippen LogP) is 2.81. The molecule has 88 valence electrons. The lowest BCUT2D eigenvalue weighted by Crippen LogP contribution is -2.36. The quantitative estimate of drug-likeness (QED) is 0.808. The number of carbonyl (C=O) groups excluding carboxylic acids is 1. The monoisotopic (exact) mass is 248 g/mol. The number of halogens is 1. The first-order chi connectivity index (χ1) is 8.16. The van der Waals surface area contributed by atoms with Crippen molar-refractivity contribution in [3.8, 4) is 0 Å². The molecule has 0 saturated heterocycles. The van der Waals surface area contributed by atoms with Crippen molar-refractivity contribution in [1.82, 2.24) is 10.9 Å². The largest absolute Gasteiger partial charge is 0.299 e. The Balaban J connectivity index is 1.97. The molecule has 0 fully saturated rings. The lowest BCUT2D eigenvalue weighted by molar-refractivity contribution is 0.0939. The van der Waals surface area contributed by atoms with Crippen molar-refractivity contribution in [1.29, 1.82) is 0 Å². The molecular weight excluding hydrogens is 236 g/mol. The van der Waals surface area contributed by atoms with E-state index in [9.17, 15) is 4.79 Å². The normalized spacial score (nSPS) is 14.0. The SMILES string of the molecule is CC1=CC(NNC(=O)c2ccccc2Cl)=CC1. The fourth-order valence-corrected chi connectivity index (χ4v) is 1.80. The van der Waals surface area contributed by atoms with Crippen molar-refractivity contribution in [3.05, 3.63) is 58.3 Å². The number of hydrazine groups is 1. The summed E-state index contributed by atoms with van der Waals surface area (Å²) in [5, 5.41) is 0.443. The van der Waals surface area contributed by atoms with Gasteiger partial charge in [0.05, 0.1) is 16.3 Å². The summed E-state index contributed by atoms with van der Waals surface area (Å²) in [6.07, 6.45) is 4.93. The van der Waals surface area contributed by atoms with Gasteiger partial charge >= 0.3 is 0 Å². The van der Waals surface area contributed by atoms with Crippen LogP contribution in [0.5, 0.6) is 0 Å². The van der Waals surface area contributed by atoms with Gasteiger partial charge in [-0.3, -0.25) is 15.6 Å². The lowest BCUT2D eigenvalue weighted by atomic mass is 10.2. The smallest absolute Gasteiger partial charge is 0.271 e. The van der Waals surface area contributed by atoms with Crippen LogP contribution in [0.3, 0.4) is 0 Å². The van der Waals surface area contributed by atoms with Crippen LogP contribution in [0.1, 0.15) is 23.7 Å². The van der Waals surface area contributed by atoms with Crippen molar-refractivity contribution in [3.63, 3.8) is 0 Å². The predicted molar refractivity (Wildman–Crippen MR) is 68.5 cm³/mol. The van der Waals surface area contributed by atoms with Crippen LogP contribution in [0, 0.1) is 0 Å². The Hall–Kier alpha value is -1.74. The third-order valence-corrected chi connectivity index (χ3v) is 2.81. The van der Waals surface area contributed by atoms with E-state index in [-0.39, 0.29) is 5.91 Å². The molecule has 1 aliphatic carbocycles. The van der Waals surface area contributed by atoms with Gasteiger partial charge in [0.1, 0.15) is 0 Å². The van der Waals surface area contributed by atoms with E-state index in [1.165, 1.54) is 5.57 Å². The number of hydrogen-bond acceptors (Lipinski definition) is 2. The number of amides is 1. The summed E-state index contributed by atoms with van der Waals surface area (Å²) in [6, 6.07) is 6.94. The number of hydrogen-bond donors (Lipinski definition) is 2. The van der Waals surface area contributed by atoms with Gasteiger partial charge in [0.25, 0.3) is 5.91 Å². The zero-order valence-electron chi connectivity index (χ0n) is 9.46. The van der Waals surface area contributed by atoms with E-state index in [4.69, 9.17) is 11.6 Å². The highest BCUT2D eigenvalue weighted by Crippen LogP contribution is 2.15. The minimum absolute atomic E-state index is 0.241. The van der Waals surface area contributed by atoms with Crippen LogP contribution in [-0.2, 0) is 0 Å². The second-order valence-electron chi connectivity index (χ2n) is 3.91. The van der Waals surface area contributed by atoms with Crippen LogP contribution in [0.25, 0.3) is 0 Å². The highest BCUT2D eigenvalue weighted by molar-refractivity contribution is 6.33. The van der Waals surface area contributed by atoms with Gasteiger partial charge in [0, 0.05) is 0 Å². The maximum Gasteiger partial charge on any atom is 0.271 e. The Morgan fingerprint density at radius 1 is 1.35 bits per heavy atom. The number of rotatable bonds is 3. The van der Waals surface area contributed by atoms with E-state index >= 15 is 0 Å². The van der Waals surface area contributed by atoms with Gasteiger partial charge in [-0.15, -0.1) is 0 Å². The third kappa shape index (κ3) is 2.88. The van der Waals surface area contributed by atoms with Gasteiger partial charge < -0.3 is 0 Å². The molecule has 1 aliphatic rings. The van der Waals surface area contributed by atoms with Crippen LogP contribution < -0.4 is 10.9 Å². The van der Waals surface area contributed by atoms with Crippen molar-refractivity contribution >= 4 is 17.5 Å². The molecule has 0 aliphatic heterocycles. The first-order valence-corrected chi connectivity index (χ1v) is 5.73. The number of benzene rings is 1. The van der Waals surface area contributed by atoms with Crippen LogP contribution in [0.15, 0.2) is 47.7 Å². The Labute approximate surface area is 105 Å². The molecule has 2 N–H and O–H groups in total. The molecule has 0 unspecified atom stereocenters. The summed E-state index contributed by atoms with van der Waals surface area (Å²) in [7, 11) is 0. The summed E-state index contributed by atoms with van der Waals surface area (Å²) < 4.78 is 0. The third-order valence-electron chi connectivity index (χ3n) is 2.48. The fourth-order valence-electron chi connectivity index (χ4n) is 1.58. The molecule has 17 heavy (non-hydrogen) atoms. The zero-order valence-corrected chi connectivity index (χ0v) is 10.2. The number of allylic oxidation sites excluding steroid dienone is 3. The van der Waals surface area contributed by atoms with Gasteiger partial charge in [-0.1, -0.05) is 35.4 Å². The van der Waals surface area contributed by atoms with Crippen molar-refractivity contribution in [2.75, 3.05) is 0 Å². The van der Waals surface area contributed by atoms with Gasteiger partial charge in [0.15, 0.2) is 0 Å². The van der Waals surface area contributed by atoms with Crippen molar-refractivity contribution in [2.45, 2.75) is 13.3 Å². The van der Waals surface area contributed by atoms with Crippen LogP contribution in [0.2, 0.25) is 5.02 Å². The molecule has 0 heterocycles. The molecule has 1 aromatic rings. The number of carbonyl (C=O) groups is 1. The second kappa shape index (κ2) is 5.06.